The number of rotatable bonds is 2. The molecule has 1 fully saturated rings. The average molecular weight is 256 g/mol. The van der Waals surface area contributed by atoms with Gasteiger partial charge in [0.25, 0.3) is 0 Å². The molecule has 0 N–H and O–H groups in total. The zero-order valence-electron chi connectivity index (χ0n) is 11.3. The van der Waals surface area contributed by atoms with Gasteiger partial charge in [-0.05, 0) is 45.0 Å². The molecule has 1 heterocycles. The minimum Gasteiger partial charge on any atom is -0.306 e. The van der Waals surface area contributed by atoms with E-state index in [9.17, 15) is 9.59 Å². The van der Waals surface area contributed by atoms with E-state index in [1.165, 1.54) is 6.92 Å². The van der Waals surface area contributed by atoms with Crippen molar-refractivity contribution in [3.63, 3.8) is 0 Å². The summed E-state index contributed by atoms with van der Waals surface area (Å²) in [7, 11) is 0. The Kier molecular flexibility index (Phi) is 3.15. The van der Waals surface area contributed by atoms with Gasteiger partial charge in [0, 0.05) is 17.7 Å². The number of nitrogens with zero attached hydrogens (tertiary/aromatic N) is 2. The van der Waals surface area contributed by atoms with Gasteiger partial charge in [0.1, 0.15) is 0 Å². The lowest BCUT2D eigenvalue weighted by Crippen LogP contribution is -2.44. The first-order chi connectivity index (χ1) is 8.87. The fourth-order valence-corrected chi connectivity index (χ4v) is 2.52. The van der Waals surface area contributed by atoms with E-state index in [0.29, 0.717) is 5.56 Å². The second kappa shape index (κ2) is 4.51. The van der Waals surface area contributed by atoms with Gasteiger partial charge in [-0.15, -0.1) is 0 Å². The Morgan fingerprint density at radius 2 is 1.95 bits per heavy atom. The highest BCUT2D eigenvalue weighted by molar-refractivity contribution is 5.99. The molecule has 1 aliphatic rings. The molecule has 1 aliphatic heterocycles. The van der Waals surface area contributed by atoms with E-state index in [1.807, 2.05) is 13.8 Å². The van der Waals surface area contributed by atoms with Crippen LogP contribution in [0.15, 0.2) is 24.3 Å². The van der Waals surface area contributed by atoms with Crippen LogP contribution in [0.4, 0.5) is 5.69 Å². The van der Waals surface area contributed by atoms with E-state index in [4.69, 9.17) is 5.26 Å². The third-order valence-electron chi connectivity index (χ3n) is 3.75. The van der Waals surface area contributed by atoms with Gasteiger partial charge in [0.05, 0.1) is 17.5 Å². The van der Waals surface area contributed by atoms with E-state index in [-0.39, 0.29) is 24.0 Å². The third-order valence-corrected chi connectivity index (χ3v) is 3.75. The van der Waals surface area contributed by atoms with Crippen LogP contribution in [0.5, 0.6) is 0 Å². The van der Waals surface area contributed by atoms with E-state index >= 15 is 0 Å². The first-order valence-corrected chi connectivity index (χ1v) is 6.21. The number of carbonyl (C=O) groups excluding carboxylic acids is 2. The minimum absolute atomic E-state index is 0.00606. The number of hydrogen-bond donors (Lipinski definition) is 0. The maximum Gasteiger partial charge on any atom is 0.228 e. The van der Waals surface area contributed by atoms with E-state index in [1.54, 1.807) is 29.2 Å². The first kappa shape index (κ1) is 13.3. The Morgan fingerprint density at radius 1 is 1.37 bits per heavy atom. The summed E-state index contributed by atoms with van der Waals surface area (Å²) in [6, 6.07) is 9.14. The van der Waals surface area contributed by atoms with E-state index in [0.717, 1.165) is 5.69 Å². The molecule has 0 saturated carbocycles. The molecular formula is C15H16N2O2. The highest BCUT2D eigenvalue weighted by Crippen LogP contribution is 2.38. The van der Waals surface area contributed by atoms with Crippen LogP contribution < -0.4 is 4.90 Å². The zero-order chi connectivity index (χ0) is 14.2. The van der Waals surface area contributed by atoms with Crippen molar-refractivity contribution in [2.45, 2.75) is 32.7 Å². The molecule has 98 valence electrons. The Hall–Kier alpha value is -2.15. The predicted octanol–water partition coefficient (Wildman–Crippen LogP) is 2.54. The number of carbonyl (C=O) groups is 2. The smallest absolute Gasteiger partial charge is 0.228 e. The van der Waals surface area contributed by atoms with Gasteiger partial charge in [-0.2, -0.15) is 5.26 Å². The Balaban J connectivity index is 2.39. The van der Waals surface area contributed by atoms with Crippen LogP contribution in [0, 0.1) is 17.2 Å². The van der Waals surface area contributed by atoms with Crippen molar-refractivity contribution in [1.82, 2.24) is 0 Å². The quantitative estimate of drug-likeness (QED) is 0.764. The lowest BCUT2D eigenvalue weighted by molar-refractivity contribution is -0.117. The average Bonchev–Trinajstić information content (AvgIpc) is 2.59. The maximum atomic E-state index is 12.1. The zero-order valence-corrected chi connectivity index (χ0v) is 11.3. The molecule has 1 saturated heterocycles. The predicted molar refractivity (Wildman–Crippen MR) is 71.7 cm³/mol. The summed E-state index contributed by atoms with van der Waals surface area (Å²) < 4.78 is 0. The number of hydrogen-bond acceptors (Lipinski definition) is 3. The molecule has 0 aromatic heterocycles. The molecule has 19 heavy (non-hydrogen) atoms. The van der Waals surface area contributed by atoms with Crippen molar-refractivity contribution < 1.29 is 9.59 Å². The van der Waals surface area contributed by atoms with Crippen molar-refractivity contribution in [2.24, 2.45) is 5.92 Å². The molecule has 0 aliphatic carbocycles. The number of benzene rings is 1. The van der Waals surface area contributed by atoms with Crippen LogP contribution in [-0.2, 0) is 4.79 Å². The highest BCUT2D eigenvalue weighted by Gasteiger charge is 2.47. The third kappa shape index (κ3) is 2.12. The summed E-state index contributed by atoms with van der Waals surface area (Å²) in [5, 5.41) is 9.13. The van der Waals surface area contributed by atoms with E-state index in [2.05, 4.69) is 6.07 Å². The monoisotopic (exact) mass is 256 g/mol. The molecular weight excluding hydrogens is 240 g/mol. The molecule has 1 aromatic carbocycles. The summed E-state index contributed by atoms with van der Waals surface area (Å²) in [6.07, 6.45) is 0.248. The van der Waals surface area contributed by atoms with Crippen LogP contribution in [0.25, 0.3) is 0 Å². The lowest BCUT2D eigenvalue weighted by atomic mass is 9.89. The highest BCUT2D eigenvalue weighted by atomic mass is 16.2. The summed E-state index contributed by atoms with van der Waals surface area (Å²) in [4.78, 5) is 25.0. The van der Waals surface area contributed by atoms with Crippen LogP contribution >= 0.6 is 0 Å². The van der Waals surface area contributed by atoms with Gasteiger partial charge in [-0.3, -0.25) is 9.59 Å². The standard InChI is InChI=1S/C15H16N2O2/c1-10(18)11-4-6-13(7-5-11)17-14(19)8-12(9-16)15(17,2)3/h4-7,12H,8H2,1-3H3. The molecule has 2 rings (SSSR count). The van der Waals surface area contributed by atoms with Gasteiger partial charge in [0.15, 0.2) is 5.78 Å². The fraction of sp³-hybridized carbons (Fsp3) is 0.400. The van der Waals surface area contributed by atoms with Crippen LogP contribution in [0.1, 0.15) is 37.6 Å². The second-order valence-electron chi connectivity index (χ2n) is 5.37. The first-order valence-electron chi connectivity index (χ1n) is 6.21. The van der Waals surface area contributed by atoms with Gasteiger partial charge < -0.3 is 4.90 Å². The summed E-state index contributed by atoms with van der Waals surface area (Å²) in [5.41, 5.74) is 0.826. The number of amides is 1. The van der Waals surface area contributed by atoms with Crippen molar-refractivity contribution in [2.75, 3.05) is 4.90 Å². The van der Waals surface area contributed by atoms with Gasteiger partial charge >= 0.3 is 0 Å². The molecule has 1 aromatic rings. The van der Waals surface area contributed by atoms with Crippen LogP contribution in [-0.4, -0.2) is 17.2 Å². The lowest BCUT2D eigenvalue weighted by Gasteiger charge is -2.33. The topological polar surface area (TPSA) is 61.2 Å². The number of Topliss-reactive ketones (excluding diaryl/α,β-unsaturated/α-hetero) is 1. The molecule has 0 bridgehead atoms. The largest absolute Gasteiger partial charge is 0.306 e. The second-order valence-corrected chi connectivity index (χ2v) is 5.37. The maximum absolute atomic E-state index is 12.1. The summed E-state index contributed by atoms with van der Waals surface area (Å²) in [5.74, 6) is -0.368. The van der Waals surface area contributed by atoms with Gasteiger partial charge in [-0.25, -0.2) is 0 Å². The molecule has 0 spiro atoms. The Morgan fingerprint density at radius 3 is 2.37 bits per heavy atom. The molecule has 1 atom stereocenters. The molecule has 4 nitrogen and oxygen atoms in total. The van der Waals surface area contributed by atoms with Crippen molar-refractivity contribution in [3.8, 4) is 6.07 Å². The molecule has 4 heteroatoms. The Bertz CT molecular complexity index is 567. The normalized spacial score (nSPS) is 21.3. The fourth-order valence-electron chi connectivity index (χ4n) is 2.52. The number of nitriles is 1. The van der Waals surface area contributed by atoms with Crippen molar-refractivity contribution in [3.05, 3.63) is 29.8 Å². The SMILES string of the molecule is CC(=O)c1ccc(N2C(=O)CC(C#N)C2(C)C)cc1. The van der Waals surface area contributed by atoms with Crippen molar-refractivity contribution >= 4 is 17.4 Å². The van der Waals surface area contributed by atoms with Crippen LogP contribution in [0.2, 0.25) is 0 Å². The van der Waals surface area contributed by atoms with Crippen LogP contribution in [0.3, 0.4) is 0 Å². The summed E-state index contributed by atoms with van der Waals surface area (Å²) >= 11 is 0. The number of anilines is 1. The molecule has 1 unspecified atom stereocenters. The minimum atomic E-state index is -0.524. The summed E-state index contributed by atoms with van der Waals surface area (Å²) in [6.45, 7) is 5.29. The van der Waals surface area contributed by atoms with Crippen molar-refractivity contribution in [1.29, 1.82) is 5.26 Å². The molecule has 0 radical (unpaired) electrons. The van der Waals surface area contributed by atoms with Gasteiger partial charge in [-0.1, -0.05) is 0 Å². The Labute approximate surface area is 112 Å². The number of ketones is 1. The van der Waals surface area contributed by atoms with Gasteiger partial charge in [0.2, 0.25) is 5.91 Å². The molecule has 1 amide bonds. The van der Waals surface area contributed by atoms with E-state index < -0.39 is 5.54 Å².